The van der Waals surface area contributed by atoms with Crippen molar-refractivity contribution in [1.82, 2.24) is 9.78 Å². The van der Waals surface area contributed by atoms with Crippen molar-refractivity contribution in [3.8, 4) is 11.4 Å². The summed E-state index contributed by atoms with van der Waals surface area (Å²) in [6.45, 7) is 3.96. The zero-order valence-electron chi connectivity index (χ0n) is 11.0. The van der Waals surface area contributed by atoms with E-state index < -0.39 is 6.36 Å². The molecule has 1 aromatic heterocycles. The zero-order chi connectivity index (χ0) is 14.9. The average molecular weight is 280 g/mol. The van der Waals surface area contributed by atoms with Crippen LogP contribution in [0.4, 0.5) is 13.2 Å². The molecule has 2 aromatic rings. The van der Waals surface area contributed by atoms with Crippen LogP contribution in [0, 0.1) is 0 Å². The van der Waals surface area contributed by atoms with Crippen LogP contribution in [0.3, 0.4) is 0 Å². The highest BCUT2D eigenvalue weighted by Crippen LogP contribution is 2.24. The molecule has 2 radical (unpaired) electrons. The van der Waals surface area contributed by atoms with Gasteiger partial charge in [-0.3, -0.25) is 0 Å². The molecule has 0 atom stereocenters. The minimum absolute atomic E-state index is 0.186. The molecular weight excluding hydrogens is 268 g/mol. The topological polar surface area (TPSA) is 27.1 Å². The minimum Gasteiger partial charge on any atom is -0.406 e. The fourth-order valence-electron chi connectivity index (χ4n) is 1.82. The smallest absolute Gasteiger partial charge is 0.406 e. The second kappa shape index (κ2) is 5.23. The van der Waals surface area contributed by atoms with Gasteiger partial charge in [-0.2, -0.15) is 5.10 Å². The predicted molar refractivity (Wildman–Crippen MR) is 69.7 cm³/mol. The van der Waals surface area contributed by atoms with Crippen molar-refractivity contribution in [2.75, 3.05) is 0 Å². The third-order valence-corrected chi connectivity index (χ3v) is 2.66. The van der Waals surface area contributed by atoms with Crippen LogP contribution >= 0.6 is 0 Å². The maximum absolute atomic E-state index is 12.1. The number of alkyl halides is 3. The van der Waals surface area contributed by atoms with Gasteiger partial charge in [0.25, 0.3) is 0 Å². The van der Waals surface area contributed by atoms with Gasteiger partial charge < -0.3 is 4.74 Å². The van der Waals surface area contributed by atoms with E-state index in [1.807, 2.05) is 13.8 Å². The molecule has 1 heterocycles. The summed E-state index contributed by atoms with van der Waals surface area (Å²) in [5.41, 5.74) is 1.87. The molecular formula is C13H12BF3N2O. The van der Waals surface area contributed by atoms with E-state index in [4.69, 9.17) is 7.85 Å². The van der Waals surface area contributed by atoms with E-state index in [2.05, 4.69) is 9.84 Å². The first-order valence-corrected chi connectivity index (χ1v) is 5.98. The molecule has 3 nitrogen and oxygen atoms in total. The van der Waals surface area contributed by atoms with Crippen molar-refractivity contribution < 1.29 is 17.9 Å². The highest BCUT2D eigenvalue weighted by Gasteiger charge is 2.31. The molecule has 0 fully saturated rings. The molecule has 0 N–H and O–H groups in total. The summed E-state index contributed by atoms with van der Waals surface area (Å²) in [5, 5.41) is 4.14. The maximum Gasteiger partial charge on any atom is 0.573 e. The van der Waals surface area contributed by atoms with Gasteiger partial charge in [0, 0.05) is 11.3 Å². The number of nitrogens with zero attached hydrogens (tertiary/aromatic N) is 2. The largest absolute Gasteiger partial charge is 0.573 e. The summed E-state index contributed by atoms with van der Waals surface area (Å²) in [4.78, 5) is 0. The van der Waals surface area contributed by atoms with Gasteiger partial charge in [0.15, 0.2) is 0 Å². The van der Waals surface area contributed by atoms with Crippen LogP contribution < -0.4 is 10.3 Å². The fraction of sp³-hybridized carbons (Fsp3) is 0.308. The van der Waals surface area contributed by atoms with Crippen molar-refractivity contribution >= 4 is 13.4 Å². The lowest BCUT2D eigenvalue weighted by molar-refractivity contribution is -0.274. The molecule has 7 heteroatoms. The Morgan fingerprint density at radius 2 is 1.80 bits per heavy atom. The van der Waals surface area contributed by atoms with E-state index in [1.165, 1.54) is 24.3 Å². The van der Waals surface area contributed by atoms with Gasteiger partial charge in [-0.1, -0.05) is 13.8 Å². The Morgan fingerprint density at radius 3 is 2.30 bits per heavy atom. The van der Waals surface area contributed by atoms with Crippen LogP contribution in [0.2, 0.25) is 0 Å². The molecule has 0 unspecified atom stereocenters. The standard InChI is InChI=1S/C13H12BF3N2O/c1-8(2)11-7-12(14)18-19(11)9-3-5-10(6-4-9)20-13(15,16)17/h3-8H,1-2H3. The van der Waals surface area contributed by atoms with Gasteiger partial charge in [-0.05, 0) is 36.2 Å². The Hall–Kier alpha value is -1.92. The summed E-state index contributed by atoms with van der Waals surface area (Å²) < 4.78 is 41.7. The summed E-state index contributed by atoms with van der Waals surface area (Å²) >= 11 is 0. The van der Waals surface area contributed by atoms with E-state index in [0.29, 0.717) is 11.3 Å². The van der Waals surface area contributed by atoms with Crippen molar-refractivity contribution in [2.45, 2.75) is 26.1 Å². The molecule has 2 rings (SSSR count). The van der Waals surface area contributed by atoms with E-state index in [0.717, 1.165) is 5.69 Å². The van der Waals surface area contributed by atoms with E-state index in [-0.39, 0.29) is 11.7 Å². The lowest BCUT2D eigenvalue weighted by Gasteiger charge is -2.12. The number of halogens is 3. The Balaban J connectivity index is 2.31. The predicted octanol–water partition coefficient (Wildman–Crippen LogP) is 2.69. The molecule has 0 aliphatic rings. The van der Waals surface area contributed by atoms with Crippen molar-refractivity contribution in [1.29, 1.82) is 0 Å². The molecule has 0 saturated heterocycles. The lowest BCUT2D eigenvalue weighted by atomic mass is 10.0. The van der Waals surface area contributed by atoms with E-state index in [9.17, 15) is 13.2 Å². The molecule has 0 saturated carbocycles. The maximum atomic E-state index is 12.1. The van der Waals surface area contributed by atoms with Crippen LogP contribution in [0.25, 0.3) is 5.69 Å². The molecule has 104 valence electrons. The fourth-order valence-corrected chi connectivity index (χ4v) is 1.82. The first-order chi connectivity index (χ1) is 9.26. The number of rotatable bonds is 3. The zero-order valence-corrected chi connectivity index (χ0v) is 11.0. The van der Waals surface area contributed by atoms with Crippen LogP contribution in [0.5, 0.6) is 5.75 Å². The van der Waals surface area contributed by atoms with E-state index >= 15 is 0 Å². The first kappa shape index (κ1) is 14.5. The van der Waals surface area contributed by atoms with Crippen molar-refractivity contribution in [2.24, 2.45) is 0 Å². The summed E-state index contributed by atoms with van der Waals surface area (Å²) in [6.07, 6.45) is -4.69. The third-order valence-electron chi connectivity index (χ3n) is 2.66. The van der Waals surface area contributed by atoms with Gasteiger partial charge in [-0.25, -0.2) is 4.68 Å². The van der Waals surface area contributed by atoms with Crippen molar-refractivity contribution in [3.63, 3.8) is 0 Å². The normalized spacial score (nSPS) is 11.9. The van der Waals surface area contributed by atoms with Gasteiger partial charge in [0.05, 0.1) is 5.69 Å². The third kappa shape index (κ3) is 3.34. The van der Waals surface area contributed by atoms with Gasteiger partial charge in [0.2, 0.25) is 0 Å². The number of ether oxygens (including phenoxy) is 1. The molecule has 0 amide bonds. The molecule has 0 bridgehead atoms. The number of benzene rings is 1. The van der Waals surface area contributed by atoms with Gasteiger partial charge in [0.1, 0.15) is 13.6 Å². The SMILES string of the molecule is [B]c1cc(C(C)C)n(-c2ccc(OC(F)(F)F)cc2)n1. The molecule has 0 spiro atoms. The second-order valence-corrected chi connectivity index (χ2v) is 4.60. The molecule has 1 aromatic carbocycles. The number of aromatic nitrogens is 2. The first-order valence-electron chi connectivity index (χ1n) is 5.98. The molecule has 0 aliphatic heterocycles. The Bertz CT molecular complexity index is 591. The van der Waals surface area contributed by atoms with Crippen molar-refractivity contribution in [3.05, 3.63) is 36.0 Å². The molecule has 20 heavy (non-hydrogen) atoms. The number of hydrogen-bond donors (Lipinski definition) is 0. The van der Waals surface area contributed by atoms with Crippen LogP contribution in [0.1, 0.15) is 25.5 Å². The second-order valence-electron chi connectivity index (χ2n) is 4.60. The van der Waals surface area contributed by atoms with Gasteiger partial charge >= 0.3 is 6.36 Å². The highest BCUT2D eigenvalue weighted by atomic mass is 19.4. The summed E-state index contributed by atoms with van der Waals surface area (Å²) in [6, 6.07) is 7.22. The van der Waals surface area contributed by atoms with Crippen LogP contribution in [-0.2, 0) is 0 Å². The average Bonchev–Trinajstić information content (AvgIpc) is 2.70. The van der Waals surface area contributed by atoms with Gasteiger partial charge in [-0.15, -0.1) is 13.2 Å². The Labute approximate surface area is 115 Å². The minimum atomic E-state index is -4.69. The molecule has 0 aliphatic carbocycles. The lowest BCUT2D eigenvalue weighted by Crippen LogP contribution is -2.17. The Morgan fingerprint density at radius 1 is 1.20 bits per heavy atom. The van der Waals surface area contributed by atoms with E-state index in [1.54, 1.807) is 10.7 Å². The van der Waals surface area contributed by atoms with Crippen LogP contribution in [-0.4, -0.2) is 24.0 Å². The highest BCUT2D eigenvalue weighted by molar-refractivity contribution is 6.30. The summed E-state index contributed by atoms with van der Waals surface area (Å²) in [5.74, 6) is -0.0848. The summed E-state index contributed by atoms with van der Waals surface area (Å²) in [7, 11) is 5.66. The number of hydrogen-bond acceptors (Lipinski definition) is 2. The monoisotopic (exact) mass is 280 g/mol. The quantitative estimate of drug-likeness (QED) is 0.808. The van der Waals surface area contributed by atoms with Crippen LogP contribution in [0.15, 0.2) is 30.3 Å². The Kier molecular flexibility index (Phi) is 3.79.